The van der Waals surface area contributed by atoms with Gasteiger partial charge in [-0.15, -0.1) is 11.3 Å². The maximum absolute atomic E-state index is 12.1. The molecule has 0 aliphatic rings. The SMILES string of the molecule is CCOC(=O)c1c(NC(=O)COC(=O)/C=C/c2ccc(C)o2)sc(C)c1C. The number of anilines is 1. The van der Waals surface area contributed by atoms with E-state index in [9.17, 15) is 14.4 Å². The van der Waals surface area contributed by atoms with Crippen LogP contribution in [0.5, 0.6) is 0 Å². The van der Waals surface area contributed by atoms with E-state index in [4.69, 9.17) is 13.9 Å². The Morgan fingerprint density at radius 3 is 2.56 bits per heavy atom. The van der Waals surface area contributed by atoms with Crippen LogP contribution in [0.15, 0.2) is 22.6 Å². The molecule has 0 saturated heterocycles. The Labute approximate surface area is 161 Å². The van der Waals surface area contributed by atoms with E-state index in [0.29, 0.717) is 16.3 Å². The molecule has 0 fully saturated rings. The van der Waals surface area contributed by atoms with Crippen molar-refractivity contribution in [2.24, 2.45) is 0 Å². The normalized spacial score (nSPS) is 10.8. The van der Waals surface area contributed by atoms with E-state index in [0.717, 1.165) is 16.2 Å². The largest absolute Gasteiger partial charge is 0.462 e. The first-order valence-electron chi connectivity index (χ1n) is 8.30. The second-order valence-electron chi connectivity index (χ2n) is 5.65. The van der Waals surface area contributed by atoms with Gasteiger partial charge in [0.1, 0.15) is 16.5 Å². The van der Waals surface area contributed by atoms with Gasteiger partial charge in [0.2, 0.25) is 0 Å². The van der Waals surface area contributed by atoms with Crippen LogP contribution in [0.4, 0.5) is 5.00 Å². The third kappa shape index (κ3) is 5.55. The number of hydrogen-bond acceptors (Lipinski definition) is 7. The standard InChI is InChI=1S/C19H21NO6S/c1-5-24-19(23)17-12(3)13(4)27-18(17)20-15(21)10-25-16(22)9-8-14-7-6-11(2)26-14/h6-9H,5,10H2,1-4H3,(H,20,21)/b9-8+. The first-order valence-corrected chi connectivity index (χ1v) is 9.11. The van der Waals surface area contributed by atoms with Gasteiger partial charge in [-0.3, -0.25) is 4.79 Å². The summed E-state index contributed by atoms with van der Waals surface area (Å²) in [5.41, 5.74) is 1.08. The minimum absolute atomic E-state index is 0.236. The van der Waals surface area contributed by atoms with E-state index >= 15 is 0 Å². The number of rotatable bonds is 7. The summed E-state index contributed by atoms with van der Waals surface area (Å²) in [5, 5.41) is 2.98. The van der Waals surface area contributed by atoms with Crippen molar-refractivity contribution >= 4 is 40.3 Å². The highest BCUT2D eigenvalue weighted by Crippen LogP contribution is 2.33. The monoisotopic (exact) mass is 391 g/mol. The van der Waals surface area contributed by atoms with Crippen LogP contribution in [0.25, 0.3) is 6.08 Å². The van der Waals surface area contributed by atoms with Crippen molar-refractivity contribution in [2.75, 3.05) is 18.5 Å². The molecular weight excluding hydrogens is 370 g/mol. The van der Waals surface area contributed by atoms with Crippen molar-refractivity contribution in [1.29, 1.82) is 0 Å². The van der Waals surface area contributed by atoms with E-state index in [1.807, 2.05) is 6.92 Å². The molecule has 0 aliphatic carbocycles. The quantitative estimate of drug-likeness (QED) is 0.572. The summed E-state index contributed by atoms with van der Waals surface area (Å²) in [6.07, 6.45) is 2.63. The van der Waals surface area contributed by atoms with Gasteiger partial charge in [0.25, 0.3) is 5.91 Å². The first-order chi connectivity index (χ1) is 12.8. The van der Waals surface area contributed by atoms with E-state index in [2.05, 4.69) is 5.32 Å². The van der Waals surface area contributed by atoms with Crippen LogP contribution in [0.2, 0.25) is 0 Å². The lowest BCUT2D eigenvalue weighted by Gasteiger charge is -2.07. The van der Waals surface area contributed by atoms with Gasteiger partial charge in [-0.25, -0.2) is 9.59 Å². The van der Waals surface area contributed by atoms with Gasteiger partial charge in [0.05, 0.1) is 12.2 Å². The highest BCUT2D eigenvalue weighted by atomic mass is 32.1. The Kier molecular flexibility index (Phi) is 6.95. The van der Waals surface area contributed by atoms with Gasteiger partial charge in [-0.2, -0.15) is 0 Å². The molecule has 0 bridgehead atoms. The summed E-state index contributed by atoms with van der Waals surface area (Å²) in [4.78, 5) is 36.8. The Morgan fingerprint density at radius 2 is 1.93 bits per heavy atom. The number of hydrogen-bond donors (Lipinski definition) is 1. The van der Waals surface area contributed by atoms with Gasteiger partial charge in [-0.1, -0.05) is 0 Å². The molecule has 1 amide bonds. The summed E-state index contributed by atoms with van der Waals surface area (Å²) in [6, 6.07) is 3.48. The number of carbonyl (C=O) groups is 3. The van der Waals surface area contributed by atoms with Crippen molar-refractivity contribution in [2.45, 2.75) is 27.7 Å². The summed E-state index contributed by atoms with van der Waals surface area (Å²) in [6.45, 7) is 6.90. The zero-order valence-electron chi connectivity index (χ0n) is 15.6. The van der Waals surface area contributed by atoms with Gasteiger partial charge in [0.15, 0.2) is 6.61 Å². The smallest absolute Gasteiger partial charge is 0.341 e. The van der Waals surface area contributed by atoms with Crippen LogP contribution in [0.3, 0.4) is 0 Å². The average Bonchev–Trinajstić information content (AvgIpc) is 3.14. The summed E-state index contributed by atoms with van der Waals surface area (Å²) in [5.74, 6) is -0.483. The fraction of sp³-hybridized carbons (Fsp3) is 0.316. The molecule has 0 unspecified atom stereocenters. The number of thiophene rings is 1. The molecule has 2 heterocycles. The van der Waals surface area contributed by atoms with Crippen LogP contribution in [-0.4, -0.2) is 31.1 Å². The van der Waals surface area contributed by atoms with Crippen LogP contribution >= 0.6 is 11.3 Å². The first kappa shape index (κ1) is 20.4. The third-order valence-electron chi connectivity index (χ3n) is 3.61. The van der Waals surface area contributed by atoms with Gasteiger partial charge in [-0.05, 0) is 51.5 Å². The van der Waals surface area contributed by atoms with Crippen LogP contribution < -0.4 is 5.32 Å². The molecule has 2 aromatic rings. The van der Waals surface area contributed by atoms with Crippen LogP contribution in [0, 0.1) is 20.8 Å². The van der Waals surface area contributed by atoms with Crippen LogP contribution in [0.1, 0.15) is 39.2 Å². The maximum Gasteiger partial charge on any atom is 0.341 e. The molecule has 0 aromatic carbocycles. The minimum Gasteiger partial charge on any atom is -0.462 e. The zero-order chi connectivity index (χ0) is 20.0. The number of amides is 1. The number of ether oxygens (including phenoxy) is 2. The Hall–Kier alpha value is -2.87. The number of aryl methyl sites for hydroxylation is 2. The van der Waals surface area contributed by atoms with E-state index in [1.54, 1.807) is 32.9 Å². The maximum atomic E-state index is 12.1. The predicted octanol–water partition coefficient (Wildman–Crippen LogP) is 3.64. The molecule has 7 nitrogen and oxygen atoms in total. The molecule has 0 atom stereocenters. The van der Waals surface area contributed by atoms with Gasteiger partial charge in [0, 0.05) is 11.0 Å². The van der Waals surface area contributed by atoms with Crippen molar-refractivity contribution in [3.63, 3.8) is 0 Å². The number of nitrogens with one attached hydrogen (secondary N) is 1. The predicted molar refractivity (Wildman–Crippen MR) is 102 cm³/mol. The molecule has 1 N–H and O–H groups in total. The molecule has 144 valence electrons. The fourth-order valence-electron chi connectivity index (χ4n) is 2.20. The molecule has 2 aromatic heterocycles. The molecule has 8 heteroatoms. The highest BCUT2D eigenvalue weighted by molar-refractivity contribution is 7.16. The zero-order valence-corrected chi connectivity index (χ0v) is 16.4. The van der Waals surface area contributed by atoms with E-state index < -0.39 is 24.5 Å². The lowest BCUT2D eigenvalue weighted by atomic mass is 10.1. The molecule has 2 rings (SSSR count). The lowest BCUT2D eigenvalue weighted by Crippen LogP contribution is -2.21. The fourth-order valence-corrected chi connectivity index (χ4v) is 3.27. The third-order valence-corrected chi connectivity index (χ3v) is 4.73. The second-order valence-corrected chi connectivity index (χ2v) is 6.87. The molecule has 0 radical (unpaired) electrons. The Bertz CT molecular complexity index is 877. The van der Waals surface area contributed by atoms with Crippen LogP contribution in [-0.2, 0) is 19.1 Å². The summed E-state index contributed by atoms with van der Waals surface area (Å²) < 4.78 is 15.2. The van der Waals surface area contributed by atoms with Crippen molar-refractivity contribution in [1.82, 2.24) is 0 Å². The Morgan fingerprint density at radius 1 is 1.19 bits per heavy atom. The highest BCUT2D eigenvalue weighted by Gasteiger charge is 2.22. The van der Waals surface area contributed by atoms with Gasteiger partial charge >= 0.3 is 11.9 Å². The van der Waals surface area contributed by atoms with E-state index in [1.165, 1.54) is 23.5 Å². The average molecular weight is 391 g/mol. The Balaban J connectivity index is 1.94. The molecule has 27 heavy (non-hydrogen) atoms. The molecule has 0 aliphatic heterocycles. The minimum atomic E-state index is -0.677. The summed E-state index contributed by atoms with van der Waals surface area (Å²) in [7, 11) is 0. The molecule has 0 spiro atoms. The lowest BCUT2D eigenvalue weighted by molar-refractivity contribution is -0.142. The number of furan rings is 1. The second kappa shape index (κ2) is 9.18. The number of esters is 2. The van der Waals surface area contributed by atoms with Crippen molar-refractivity contribution in [3.05, 3.63) is 45.7 Å². The topological polar surface area (TPSA) is 94.8 Å². The summed E-state index contributed by atoms with van der Waals surface area (Å²) >= 11 is 1.27. The molecular formula is C19H21NO6S. The number of carbonyl (C=O) groups excluding carboxylic acids is 3. The van der Waals surface area contributed by atoms with Crippen molar-refractivity contribution in [3.8, 4) is 0 Å². The van der Waals surface area contributed by atoms with E-state index in [-0.39, 0.29) is 6.61 Å². The van der Waals surface area contributed by atoms with Gasteiger partial charge < -0.3 is 19.2 Å². The molecule has 0 saturated carbocycles. The van der Waals surface area contributed by atoms with Crippen molar-refractivity contribution < 1.29 is 28.3 Å².